The maximum atomic E-state index is 12.6. The number of pyridine rings is 6. The van der Waals surface area contributed by atoms with Gasteiger partial charge >= 0.3 is 0 Å². The first kappa shape index (κ1) is 51.5. The summed E-state index contributed by atoms with van der Waals surface area (Å²) in [5.74, 6) is 0.260. The maximum Gasteiger partial charge on any atom is 0.272 e. The molecule has 0 atom stereocenters. The Hall–Kier alpha value is -9.96. The van der Waals surface area contributed by atoms with Crippen molar-refractivity contribution in [2.45, 2.75) is 46.2 Å². The van der Waals surface area contributed by atoms with Crippen LogP contribution in [0.3, 0.4) is 0 Å². The van der Waals surface area contributed by atoms with Gasteiger partial charge in [0.25, 0.3) is 5.56 Å². The number of H-pyrrole nitrogens is 1. The number of fused-ring (bicyclic) bond motifs is 4. The lowest BCUT2D eigenvalue weighted by Crippen LogP contribution is -2.34. The number of hydrogen-bond donors (Lipinski definition) is 3. The summed E-state index contributed by atoms with van der Waals surface area (Å²) < 4.78 is 13.7. The van der Waals surface area contributed by atoms with Crippen LogP contribution in [-0.2, 0) is 34.8 Å². The summed E-state index contributed by atoms with van der Waals surface area (Å²) in [5, 5.41) is 9.71. The fraction of sp³-hybridized carbons (Fsp3) is 0.161. The normalized spacial score (nSPS) is 11.6. The Bertz CT molecular complexity index is 4160. The summed E-state index contributed by atoms with van der Waals surface area (Å²) in [4.78, 5) is 63.2. The van der Waals surface area contributed by atoms with Crippen molar-refractivity contribution in [2.75, 3.05) is 17.7 Å². The molecule has 0 bridgehead atoms. The van der Waals surface area contributed by atoms with Crippen molar-refractivity contribution < 1.29 is 14.3 Å². The molecule has 78 heavy (non-hydrogen) atoms. The number of aryl methyl sites for hydroxylation is 2. The van der Waals surface area contributed by atoms with Crippen LogP contribution in [0.4, 0.5) is 11.4 Å². The van der Waals surface area contributed by atoms with Crippen LogP contribution in [0.1, 0.15) is 57.9 Å². The molecule has 0 fully saturated rings. The Balaban J connectivity index is 0.000000174. The largest absolute Gasteiger partial charge is 0.479 e. The quantitative estimate of drug-likeness (QED) is 0.113. The lowest BCUT2D eigenvalue weighted by atomic mass is 9.91. The molecule has 16 nitrogen and oxygen atoms in total. The Morgan fingerprint density at radius 3 is 1.36 bits per heavy atom. The van der Waals surface area contributed by atoms with E-state index in [4.69, 9.17) is 24.7 Å². The molecule has 12 aromatic rings. The zero-order chi connectivity index (χ0) is 53.6. The highest BCUT2D eigenvalue weighted by Gasteiger charge is 2.37. The van der Waals surface area contributed by atoms with E-state index < -0.39 is 11.1 Å². The third-order valence-electron chi connectivity index (χ3n) is 14.4. The summed E-state index contributed by atoms with van der Waals surface area (Å²) in [6.07, 6.45) is 18.6. The molecule has 10 heterocycles. The second-order valence-corrected chi connectivity index (χ2v) is 19.2. The topological polar surface area (TPSA) is 184 Å². The van der Waals surface area contributed by atoms with Crippen molar-refractivity contribution in [3.05, 3.63) is 216 Å². The molecule has 12 rings (SSSR count). The Kier molecular flexibility index (Phi) is 13.6. The Labute approximate surface area is 450 Å². The number of amides is 2. The van der Waals surface area contributed by atoms with E-state index in [1.165, 1.54) is 13.8 Å². The van der Waals surface area contributed by atoms with E-state index in [-0.39, 0.29) is 24.8 Å². The zero-order valence-corrected chi connectivity index (χ0v) is 43.5. The van der Waals surface area contributed by atoms with Gasteiger partial charge < -0.3 is 38.6 Å². The van der Waals surface area contributed by atoms with Crippen LogP contribution in [0.5, 0.6) is 5.88 Å². The number of nitrogens with one attached hydrogen (secondary N) is 3. The molecular formula is C62H58N12O4. The molecule has 2 aromatic carbocycles. The second kappa shape index (κ2) is 20.6. The highest BCUT2D eigenvalue weighted by molar-refractivity contribution is 6.07. The monoisotopic (exact) mass is 1030 g/mol. The standard InChI is InChI=1S/C31H28N6O2.C30H26N6O2.CH4/c1-20(38)35-25-17-21(24-19-36(3)29-22(24)11-15-34-30(29)39-4)18-26-23(25)12-16-37(26)31(2,27-9-5-7-13-32-27)28-10-6-8-14-33-28;1-19(37)34-24-16-20(23-18-35(3)28-21(23)10-14-33-29(28)38)17-25-22(24)11-15-36(25)30(2,26-8-4-6-12-31-26)27-9-5-7-13-32-27;/h5-19H,1-4H3,(H,35,38);4-18H,1-3H3,(H,33,38)(H,34,37);1H4. The van der Waals surface area contributed by atoms with Gasteiger partial charge in [-0.05, 0) is 122 Å². The number of ether oxygens (including phenoxy) is 1. The maximum absolute atomic E-state index is 12.6. The van der Waals surface area contributed by atoms with Crippen LogP contribution in [0.2, 0.25) is 0 Å². The van der Waals surface area contributed by atoms with Crippen molar-refractivity contribution in [2.24, 2.45) is 14.1 Å². The van der Waals surface area contributed by atoms with Crippen LogP contribution in [-0.4, -0.2) is 67.1 Å². The third kappa shape index (κ3) is 8.81. The minimum absolute atomic E-state index is 0. The SMILES string of the molecule is C.CC(=O)Nc1cc(-c2cn(C)c3c(=O)[nH]ccc23)cc2c1ccn2C(C)(c1ccccn1)c1ccccn1.COc1nccc2c(-c3cc(NC(C)=O)c4ccn(C(C)(c5ccccn5)c5ccccn5)c4c3)cn(C)c12. The van der Waals surface area contributed by atoms with Crippen molar-refractivity contribution in [1.29, 1.82) is 0 Å². The summed E-state index contributed by atoms with van der Waals surface area (Å²) in [7, 11) is 5.46. The molecule has 0 saturated carbocycles. The van der Waals surface area contributed by atoms with Crippen LogP contribution in [0.25, 0.3) is 65.9 Å². The van der Waals surface area contributed by atoms with E-state index in [0.29, 0.717) is 17.1 Å². The Morgan fingerprint density at radius 2 is 0.962 bits per heavy atom. The number of nitrogens with zero attached hydrogens (tertiary/aromatic N) is 9. The number of anilines is 2. The highest BCUT2D eigenvalue weighted by atomic mass is 16.5. The molecule has 0 radical (unpaired) electrons. The number of aromatic nitrogens is 10. The van der Waals surface area contributed by atoms with Gasteiger partial charge in [-0.2, -0.15) is 0 Å². The minimum Gasteiger partial charge on any atom is -0.479 e. The number of rotatable bonds is 11. The Morgan fingerprint density at radius 1 is 0.538 bits per heavy atom. The molecule has 0 aliphatic rings. The molecule has 3 N–H and O–H groups in total. The fourth-order valence-electron chi connectivity index (χ4n) is 10.8. The van der Waals surface area contributed by atoms with Gasteiger partial charge in [0.2, 0.25) is 17.7 Å². The fourth-order valence-corrected chi connectivity index (χ4v) is 10.8. The van der Waals surface area contributed by atoms with E-state index in [0.717, 1.165) is 88.8 Å². The number of carbonyl (C=O) groups excluding carboxylic acids is 2. The lowest BCUT2D eigenvalue weighted by molar-refractivity contribution is -0.115. The molecule has 10 aromatic heterocycles. The number of hydrogen-bond acceptors (Lipinski definition) is 9. The first-order valence-corrected chi connectivity index (χ1v) is 25.0. The molecule has 0 unspecified atom stereocenters. The summed E-state index contributed by atoms with van der Waals surface area (Å²) >= 11 is 0. The van der Waals surface area contributed by atoms with Gasteiger partial charge in [0.1, 0.15) is 22.1 Å². The predicted molar refractivity (Wildman–Crippen MR) is 309 cm³/mol. The van der Waals surface area contributed by atoms with Crippen molar-refractivity contribution >= 4 is 66.8 Å². The molecule has 16 heteroatoms. The third-order valence-corrected chi connectivity index (χ3v) is 14.4. The molecule has 2 amide bonds. The molecule has 0 saturated heterocycles. The molecule has 0 aliphatic heterocycles. The van der Waals surface area contributed by atoms with Crippen LogP contribution in [0.15, 0.2) is 188 Å². The summed E-state index contributed by atoms with van der Waals surface area (Å²) in [6, 6.07) is 39.7. The molecule has 0 spiro atoms. The van der Waals surface area contributed by atoms with Gasteiger partial charge in [0.15, 0.2) is 0 Å². The lowest BCUT2D eigenvalue weighted by Gasteiger charge is -2.32. The second-order valence-electron chi connectivity index (χ2n) is 19.2. The van der Waals surface area contributed by atoms with Gasteiger partial charge in [-0.25, -0.2) is 4.98 Å². The molecule has 0 aliphatic carbocycles. The number of carbonyl (C=O) groups is 2. The van der Waals surface area contributed by atoms with Gasteiger partial charge in [-0.1, -0.05) is 31.7 Å². The first-order valence-electron chi connectivity index (χ1n) is 25.0. The van der Waals surface area contributed by atoms with Gasteiger partial charge in [0, 0.05) is 123 Å². The predicted octanol–water partition coefficient (Wildman–Crippen LogP) is 11.4. The van der Waals surface area contributed by atoms with Gasteiger partial charge in [0.05, 0.1) is 52.3 Å². The van der Waals surface area contributed by atoms with Crippen LogP contribution in [0, 0.1) is 0 Å². The van der Waals surface area contributed by atoms with E-state index in [2.05, 4.69) is 61.9 Å². The smallest absolute Gasteiger partial charge is 0.272 e. The number of methoxy groups -OCH3 is 1. The van der Waals surface area contributed by atoms with Crippen LogP contribution < -0.4 is 20.9 Å². The van der Waals surface area contributed by atoms with Crippen molar-refractivity contribution in [3.63, 3.8) is 0 Å². The van der Waals surface area contributed by atoms with E-state index in [1.807, 2.05) is 151 Å². The summed E-state index contributed by atoms with van der Waals surface area (Å²) in [6.45, 7) is 7.24. The zero-order valence-electron chi connectivity index (χ0n) is 43.5. The van der Waals surface area contributed by atoms with Crippen molar-refractivity contribution in [3.8, 4) is 28.1 Å². The van der Waals surface area contributed by atoms with E-state index in [9.17, 15) is 14.4 Å². The van der Waals surface area contributed by atoms with E-state index in [1.54, 1.807) is 44.3 Å². The van der Waals surface area contributed by atoms with Crippen molar-refractivity contribution in [1.82, 2.24) is 48.2 Å². The molecule has 390 valence electrons. The minimum atomic E-state index is -0.744. The average molecular weight is 1040 g/mol. The first-order chi connectivity index (χ1) is 37.3. The van der Waals surface area contributed by atoms with E-state index >= 15 is 0 Å². The molecular weight excluding hydrogens is 977 g/mol. The van der Waals surface area contributed by atoms with Gasteiger partial charge in [-0.15, -0.1) is 0 Å². The highest BCUT2D eigenvalue weighted by Crippen LogP contribution is 2.43. The van der Waals surface area contributed by atoms with Gasteiger partial charge in [-0.3, -0.25) is 34.3 Å². The van der Waals surface area contributed by atoms with Crippen LogP contribution >= 0.6 is 0 Å². The average Bonchev–Trinajstić information content (AvgIpc) is 4.43. The number of benzene rings is 2. The number of aromatic amines is 1. The summed E-state index contributed by atoms with van der Waals surface area (Å²) in [5.41, 5.74) is 10.2.